The summed E-state index contributed by atoms with van der Waals surface area (Å²) in [5.41, 5.74) is 1.03. The molecule has 2 aliphatic rings. The minimum atomic E-state index is 0. The summed E-state index contributed by atoms with van der Waals surface area (Å²) in [4.78, 5) is 11.9. The van der Waals surface area contributed by atoms with Crippen LogP contribution in [0.25, 0.3) is 0 Å². The maximum Gasteiger partial charge on any atom is 0.221 e. The van der Waals surface area contributed by atoms with Gasteiger partial charge in [0.15, 0.2) is 11.5 Å². The van der Waals surface area contributed by atoms with Crippen LogP contribution in [0.15, 0.2) is 18.2 Å². The summed E-state index contributed by atoms with van der Waals surface area (Å²) in [5, 5.41) is 6.29. The third-order valence-electron chi connectivity index (χ3n) is 3.69. The molecule has 0 saturated carbocycles. The number of halogens is 1. The number of nitrogens with one attached hydrogen (secondary N) is 2. The van der Waals surface area contributed by atoms with Crippen LogP contribution in [0.5, 0.6) is 11.5 Å². The molecule has 2 heterocycles. The van der Waals surface area contributed by atoms with E-state index in [-0.39, 0.29) is 18.3 Å². The van der Waals surface area contributed by atoms with Crippen molar-refractivity contribution in [3.05, 3.63) is 23.8 Å². The highest BCUT2D eigenvalue weighted by molar-refractivity contribution is 5.85. The summed E-state index contributed by atoms with van der Waals surface area (Å²) < 4.78 is 11.0. The molecule has 21 heavy (non-hydrogen) atoms. The standard InChI is InChI=1S/C15H20N2O3.ClH/c18-15(9-12-2-1-5-16-12)17-10-11-3-4-13-14(8-11)20-7-6-19-13;/h3-4,8,12,16H,1-2,5-7,9-10H2,(H,17,18);1H. The molecule has 5 nitrogen and oxygen atoms in total. The first-order valence-corrected chi connectivity index (χ1v) is 7.20. The van der Waals surface area contributed by atoms with Crippen molar-refractivity contribution in [3.8, 4) is 11.5 Å². The Morgan fingerprint density at radius 2 is 2.10 bits per heavy atom. The molecule has 3 rings (SSSR count). The summed E-state index contributed by atoms with van der Waals surface area (Å²) in [6.45, 7) is 2.73. The lowest BCUT2D eigenvalue weighted by atomic mass is 10.1. The number of rotatable bonds is 4. The second kappa shape index (κ2) is 7.52. The molecular weight excluding hydrogens is 292 g/mol. The molecule has 1 fully saturated rings. The highest BCUT2D eigenvalue weighted by atomic mass is 35.5. The first-order valence-electron chi connectivity index (χ1n) is 7.20. The molecule has 1 aromatic rings. The molecular formula is C15H21ClN2O3. The zero-order chi connectivity index (χ0) is 13.8. The van der Waals surface area contributed by atoms with E-state index >= 15 is 0 Å². The molecule has 1 atom stereocenters. The normalized spacial score (nSPS) is 19.7. The van der Waals surface area contributed by atoms with Gasteiger partial charge in [-0.2, -0.15) is 0 Å². The van der Waals surface area contributed by atoms with Gasteiger partial charge in [0, 0.05) is 19.0 Å². The molecule has 1 unspecified atom stereocenters. The van der Waals surface area contributed by atoms with Gasteiger partial charge >= 0.3 is 0 Å². The van der Waals surface area contributed by atoms with Crippen LogP contribution in [-0.2, 0) is 11.3 Å². The zero-order valence-corrected chi connectivity index (χ0v) is 12.7. The van der Waals surface area contributed by atoms with Crippen molar-refractivity contribution in [2.45, 2.75) is 31.8 Å². The zero-order valence-electron chi connectivity index (χ0n) is 11.9. The summed E-state index contributed by atoms with van der Waals surface area (Å²) in [6.07, 6.45) is 2.82. The number of benzene rings is 1. The van der Waals surface area contributed by atoms with E-state index in [2.05, 4.69) is 10.6 Å². The van der Waals surface area contributed by atoms with Gasteiger partial charge in [0.25, 0.3) is 0 Å². The number of amides is 1. The van der Waals surface area contributed by atoms with Crippen molar-refractivity contribution < 1.29 is 14.3 Å². The fourth-order valence-corrected chi connectivity index (χ4v) is 2.63. The molecule has 2 aliphatic heterocycles. The van der Waals surface area contributed by atoms with E-state index in [1.165, 1.54) is 6.42 Å². The van der Waals surface area contributed by atoms with Crippen LogP contribution in [0.4, 0.5) is 0 Å². The van der Waals surface area contributed by atoms with Crippen molar-refractivity contribution >= 4 is 18.3 Å². The van der Waals surface area contributed by atoms with Crippen LogP contribution in [0, 0.1) is 0 Å². The number of fused-ring (bicyclic) bond motifs is 1. The van der Waals surface area contributed by atoms with E-state index < -0.39 is 0 Å². The van der Waals surface area contributed by atoms with Crippen LogP contribution in [-0.4, -0.2) is 31.7 Å². The molecule has 0 aliphatic carbocycles. The maximum atomic E-state index is 11.9. The molecule has 0 spiro atoms. The predicted octanol–water partition coefficient (Wildman–Crippen LogP) is 1.64. The van der Waals surface area contributed by atoms with Gasteiger partial charge in [0.1, 0.15) is 13.2 Å². The van der Waals surface area contributed by atoms with Gasteiger partial charge < -0.3 is 20.1 Å². The number of carbonyl (C=O) groups excluding carboxylic acids is 1. The lowest BCUT2D eigenvalue weighted by Crippen LogP contribution is -2.31. The van der Waals surface area contributed by atoms with Crippen molar-refractivity contribution in [2.24, 2.45) is 0 Å². The third-order valence-corrected chi connectivity index (χ3v) is 3.69. The monoisotopic (exact) mass is 312 g/mol. The predicted molar refractivity (Wildman–Crippen MR) is 82.2 cm³/mol. The Bertz CT molecular complexity index is 490. The van der Waals surface area contributed by atoms with Gasteiger partial charge in [-0.3, -0.25) is 4.79 Å². The Balaban J connectivity index is 0.00000161. The van der Waals surface area contributed by atoms with E-state index in [4.69, 9.17) is 9.47 Å². The molecule has 1 saturated heterocycles. The van der Waals surface area contributed by atoms with Crippen LogP contribution < -0.4 is 20.1 Å². The average Bonchev–Trinajstić information content (AvgIpc) is 2.98. The number of hydrogen-bond acceptors (Lipinski definition) is 4. The molecule has 1 amide bonds. The van der Waals surface area contributed by atoms with Crippen LogP contribution in [0.1, 0.15) is 24.8 Å². The molecule has 6 heteroatoms. The minimum absolute atomic E-state index is 0. The SMILES string of the molecule is Cl.O=C(CC1CCCN1)NCc1ccc2c(c1)OCCO2. The van der Waals surface area contributed by atoms with E-state index in [9.17, 15) is 4.79 Å². The van der Waals surface area contributed by atoms with Gasteiger partial charge in [0.05, 0.1) is 0 Å². The van der Waals surface area contributed by atoms with Crippen molar-refractivity contribution in [3.63, 3.8) is 0 Å². The van der Waals surface area contributed by atoms with E-state index in [1.54, 1.807) is 0 Å². The van der Waals surface area contributed by atoms with E-state index in [0.717, 1.165) is 30.0 Å². The highest BCUT2D eigenvalue weighted by Gasteiger charge is 2.17. The Morgan fingerprint density at radius 1 is 1.29 bits per heavy atom. The lowest BCUT2D eigenvalue weighted by Gasteiger charge is -2.19. The minimum Gasteiger partial charge on any atom is -0.486 e. The largest absolute Gasteiger partial charge is 0.486 e. The molecule has 2 N–H and O–H groups in total. The Labute approximate surface area is 130 Å². The third kappa shape index (κ3) is 4.25. The van der Waals surface area contributed by atoms with Gasteiger partial charge in [-0.25, -0.2) is 0 Å². The second-order valence-corrected chi connectivity index (χ2v) is 5.25. The van der Waals surface area contributed by atoms with E-state index in [1.807, 2.05) is 18.2 Å². The first-order chi connectivity index (χ1) is 9.81. The molecule has 1 aromatic carbocycles. The Kier molecular flexibility index (Phi) is 5.70. The lowest BCUT2D eigenvalue weighted by molar-refractivity contribution is -0.121. The highest BCUT2D eigenvalue weighted by Crippen LogP contribution is 2.30. The summed E-state index contributed by atoms with van der Waals surface area (Å²) in [6, 6.07) is 6.13. The van der Waals surface area contributed by atoms with Crippen LogP contribution >= 0.6 is 12.4 Å². The van der Waals surface area contributed by atoms with Gasteiger partial charge in [-0.1, -0.05) is 6.07 Å². The second-order valence-electron chi connectivity index (χ2n) is 5.25. The number of ether oxygens (including phenoxy) is 2. The van der Waals surface area contributed by atoms with Crippen molar-refractivity contribution in [1.29, 1.82) is 0 Å². The Hall–Kier alpha value is -1.46. The first kappa shape index (κ1) is 15.9. The summed E-state index contributed by atoms with van der Waals surface area (Å²) in [5.74, 6) is 1.64. The molecule has 0 bridgehead atoms. The smallest absolute Gasteiger partial charge is 0.221 e. The maximum absolute atomic E-state index is 11.9. The summed E-state index contributed by atoms with van der Waals surface area (Å²) >= 11 is 0. The number of hydrogen-bond donors (Lipinski definition) is 2. The van der Waals surface area contributed by atoms with Gasteiger partial charge in [-0.05, 0) is 37.1 Å². The van der Waals surface area contributed by atoms with Crippen LogP contribution in [0.3, 0.4) is 0 Å². The van der Waals surface area contributed by atoms with Crippen molar-refractivity contribution in [1.82, 2.24) is 10.6 Å². The van der Waals surface area contributed by atoms with E-state index in [0.29, 0.717) is 32.2 Å². The molecule has 0 aromatic heterocycles. The summed E-state index contributed by atoms with van der Waals surface area (Å²) in [7, 11) is 0. The van der Waals surface area contributed by atoms with Gasteiger partial charge in [0.2, 0.25) is 5.91 Å². The molecule has 116 valence electrons. The molecule has 0 radical (unpaired) electrons. The number of carbonyl (C=O) groups is 1. The fraction of sp³-hybridized carbons (Fsp3) is 0.533. The van der Waals surface area contributed by atoms with Crippen molar-refractivity contribution in [2.75, 3.05) is 19.8 Å². The quantitative estimate of drug-likeness (QED) is 0.887. The Morgan fingerprint density at radius 3 is 2.86 bits per heavy atom. The van der Waals surface area contributed by atoms with Gasteiger partial charge in [-0.15, -0.1) is 12.4 Å². The fourth-order valence-electron chi connectivity index (χ4n) is 2.63. The van der Waals surface area contributed by atoms with Crippen LogP contribution in [0.2, 0.25) is 0 Å². The average molecular weight is 313 g/mol. The topological polar surface area (TPSA) is 59.6 Å².